The monoisotopic (exact) mass is 243 g/mol. The fourth-order valence-corrected chi connectivity index (χ4v) is 2.10. The van der Waals surface area contributed by atoms with Gasteiger partial charge in [0.1, 0.15) is 5.82 Å². The first-order valence-electron chi connectivity index (χ1n) is 6.21. The second-order valence-corrected chi connectivity index (χ2v) is 4.63. The van der Waals surface area contributed by atoms with Gasteiger partial charge in [-0.2, -0.15) is 0 Å². The Morgan fingerprint density at radius 1 is 1.06 bits per heavy atom. The SMILES string of the molecule is CCc1ccc(C(N)c2cc(C)cc(F)c2)cc1. The number of nitrogens with two attached hydrogens (primary N) is 1. The molecular formula is C16H18FN. The molecule has 1 nitrogen and oxygen atoms in total. The molecule has 2 heteroatoms. The lowest BCUT2D eigenvalue weighted by atomic mass is 9.97. The van der Waals surface area contributed by atoms with Crippen LogP contribution in [0.4, 0.5) is 4.39 Å². The zero-order valence-corrected chi connectivity index (χ0v) is 10.8. The molecule has 0 saturated carbocycles. The third kappa shape index (κ3) is 2.77. The highest BCUT2D eigenvalue weighted by Crippen LogP contribution is 2.22. The maximum absolute atomic E-state index is 13.4. The highest BCUT2D eigenvalue weighted by atomic mass is 19.1. The van der Waals surface area contributed by atoms with Crippen LogP contribution in [-0.4, -0.2) is 0 Å². The standard InChI is InChI=1S/C16H18FN/c1-3-12-4-6-13(7-5-12)16(18)14-8-11(2)9-15(17)10-14/h4-10,16H,3,18H2,1-2H3. The molecule has 0 aliphatic carbocycles. The van der Waals surface area contributed by atoms with Crippen LogP contribution >= 0.6 is 0 Å². The number of rotatable bonds is 3. The van der Waals surface area contributed by atoms with Gasteiger partial charge >= 0.3 is 0 Å². The Morgan fingerprint density at radius 3 is 2.28 bits per heavy atom. The van der Waals surface area contributed by atoms with Gasteiger partial charge in [0.2, 0.25) is 0 Å². The molecule has 1 atom stereocenters. The second kappa shape index (κ2) is 5.32. The first-order chi connectivity index (χ1) is 8.60. The highest BCUT2D eigenvalue weighted by Gasteiger charge is 2.10. The largest absolute Gasteiger partial charge is 0.320 e. The van der Waals surface area contributed by atoms with Gasteiger partial charge < -0.3 is 5.73 Å². The third-order valence-electron chi connectivity index (χ3n) is 3.17. The van der Waals surface area contributed by atoms with Crippen molar-refractivity contribution >= 4 is 0 Å². The first kappa shape index (κ1) is 12.8. The van der Waals surface area contributed by atoms with Crippen LogP contribution in [0.1, 0.15) is 35.2 Å². The van der Waals surface area contributed by atoms with E-state index in [0.29, 0.717) is 0 Å². The second-order valence-electron chi connectivity index (χ2n) is 4.63. The lowest BCUT2D eigenvalue weighted by molar-refractivity contribution is 0.622. The van der Waals surface area contributed by atoms with Gasteiger partial charge in [0.05, 0.1) is 6.04 Å². The van der Waals surface area contributed by atoms with Crippen LogP contribution in [0.15, 0.2) is 42.5 Å². The van der Waals surface area contributed by atoms with Crippen LogP contribution in [0.5, 0.6) is 0 Å². The van der Waals surface area contributed by atoms with E-state index < -0.39 is 0 Å². The molecule has 2 aromatic rings. The van der Waals surface area contributed by atoms with E-state index in [0.717, 1.165) is 23.1 Å². The minimum absolute atomic E-state index is 0.231. The number of benzene rings is 2. The molecule has 0 aromatic heterocycles. The van der Waals surface area contributed by atoms with E-state index in [1.165, 1.54) is 17.7 Å². The summed E-state index contributed by atoms with van der Waals surface area (Å²) in [5, 5.41) is 0. The quantitative estimate of drug-likeness (QED) is 0.873. The molecule has 1 unspecified atom stereocenters. The Kier molecular flexibility index (Phi) is 3.78. The lowest BCUT2D eigenvalue weighted by Crippen LogP contribution is -2.12. The van der Waals surface area contributed by atoms with Crippen molar-refractivity contribution in [2.75, 3.05) is 0 Å². The smallest absolute Gasteiger partial charge is 0.123 e. The van der Waals surface area contributed by atoms with Crippen molar-refractivity contribution in [1.82, 2.24) is 0 Å². The predicted molar refractivity (Wildman–Crippen MR) is 73.0 cm³/mol. The van der Waals surface area contributed by atoms with Crippen LogP contribution in [0, 0.1) is 12.7 Å². The van der Waals surface area contributed by atoms with Crippen molar-refractivity contribution in [2.45, 2.75) is 26.3 Å². The normalized spacial score (nSPS) is 12.4. The Bertz CT molecular complexity index is 511. The summed E-state index contributed by atoms with van der Waals surface area (Å²) in [5.41, 5.74) is 10.2. The summed E-state index contributed by atoms with van der Waals surface area (Å²) in [7, 11) is 0. The molecule has 18 heavy (non-hydrogen) atoms. The van der Waals surface area contributed by atoms with Gasteiger partial charge in [-0.15, -0.1) is 0 Å². The molecule has 0 radical (unpaired) electrons. The van der Waals surface area contributed by atoms with Gasteiger partial charge in [-0.3, -0.25) is 0 Å². The van der Waals surface area contributed by atoms with E-state index in [9.17, 15) is 4.39 Å². The summed E-state index contributed by atoms with van der Waals surface area (Å²) in [4.78, 5) is 0. The summed E-state index contributed by atoms with van der Waals surface area (Å²) in [6.07, 6.45) is 1.01. The average molecular weight is 243 g/mol. The number of hydrogen-bond donors (Lipinski definition) is 1. The Hall–Kier alpha value is -1.67. The highest BCUT2D eigenvalue weighted by molar-refractivity contribution is 5.35. The molecule has 0 saturated heterocycles. The molecule has 0 amide bonds. The van der Waals surface area contributed by atoms with Gasteiger partial charge in [0, 0.05) is 0 Å². The number of aryl methyl sites for hydroxylation is 2. The van der Waals surface area contributed by atoms with Crippen molar-refractivity contribution in [1.29, 1.82) is 0 Å². The molecule has 2 N–H and O–H groups in total. The summed E-state index contributed by atoms with van der Waals surface area (Å²) in [6.45, 7) is 3.99. The van der Waals surface area contributed by atoms with Crippen molar-refractivity contribution < 1.29 is 4.39 Å². The Morgan fingerprint density at radius 2 is 1.72 bits per heavy atom. The molecule has 0 aliphatic heterocycles. The fraction of sp³-hybridized carbons (Fsp3) is 0.250. The zero-order valence-electron chi connectivity index (χ0n) is 10.8. The van der Waals surface area contributed by atoms with Crippen molar-refractivity contribution in [3.63, 3.8) is 0 Å². The third-order valence-corrected chi connectivity index (χ3v) is 3.17. The van der Waals surface area contributed by atoms with Crippen LogP contribution in [-0.2, 0) is 6.42 Å². The van der Waals surface area contributed by atoms with Gasteiger partial charge in [-0.1, -0.05) is 37.3 Å². The summed E-state index contributed by atoms with van der Waals surface area (Å²) in [6, 6.07) is 12.9. The molecule has 0 heterocycles. The van der Waals surface area contributed by atoms with Gasteiger partial charge in [-0.25, -0.2) is 4.39 Å². The fourth-order valence-electron chi connectivity index (χ4n) is 2.10. The number of hydrogen-bond acceptors (Lipinski definition) is 1. The molecule has 0 fully saturated rings. The Balaban J connectivity index is 2.31. The minimum atomic E-state index is -0.273. The van der Waals surface area contributed by atoms with E-state index in [-0.39, 0.29) is 11.9 Å². The van der Waals surface area contributed by atoms with Crippen LogP contribution in [0.25, 0.3) is 0 Å². The van der Waals surface area contributed by atoms with Gasteiger partial charge in [-0.05, 0) is 47.7 Å². The maximum atomic E-state index is 13.4. The van der Waals surface area contributed by atoms with E-state index >= 15 is 0 Å². The Labute approximate surface area is 107 Å². The van der Waals surface area contributed by atoms with E-state index in [1.54, 1.807) is 0 Å². The van der Waals surface area contributed by atoms with E-state index in [2.05, 4.69) is 19.1 Å². The number of halogens is 1. The summed E-state index contributed by atoms with van der Waals surface area (Å²) in [5.74, 6) is -0.231. The van der Waals surface area contributed by atoms with Crippen molar-refractivity contribution in [2.24, 2.45) is 5.73 Å². The molecule has 2 rings (SSSR count). The van der Waals surface area contributed by atoms with E-state index in [1.807, 2.05) is 25.1 Å². The predicted octanol–water partition coefficient (Wildman–Crippen LogP) is 3.74. The van der Waals surface area contributed by atoms with Crippen LogP contribution < -0.4 is 5.73 Å². The lowest BCUT2D eigenvalue weighted by Gasteiger charge is -2.14. The first-order valence-corrected chi connectivity index (χ1v) is 6.21. The van der Waals surface area contributed by atoms with Gasteiger partial charge in [0.25, 0.3) is 0 Å². The molecule has 0 bridgehead atoms. The van der Waals surface area contributed by atoms with Crippen LogP contribution in [0.2, 0.25) is 0 Å². The molecule has 2 aromatic carbocycles. The van der Waals surface area contributed by atoms with Crippen LogP contribution in [0.3, 0.4) is 0 Å². The average Bonchev–Trinajstić information content (AvgIpc) is 2.37. The van der Waals surface area contributed by atoms with Crippen molar-refractivity contribution in [3.8, 4) is 0 Å². The molecular weight excluding hydrogens is 225 g/mol. The zero-order chi connectivity index (χ0) is 13.1. The summed E-state index contributed by atoms with van der Waals surface area (Å²) >= 11 is 0. The molecule has 94 valence electrons. The molecule has 0 spiro atoms. The van der Waals surface area contributed by atoms with Gasteiger partial charge in [0.15, 0.2) is 0 Å². The topological polar surface area (TPSA) is 26.0 Å². The molecule has 0 aliphatic rings. The van der Waals surface area contributed by atoms with E-state index in [4.69, 9.17) is 5.73 Å². The summed E-state index contributed by atoms with van der Waals surface area (Å²) < 4.78 is 13.4. The maximum Gasteiger partial charge on any atom is 0.123 e. The van der Waals surface area contributed by atoms with Crippen molar-refractivity contribution in [3.05, 3.63) is 70.5 Å². The minimum Gasteiger partial charge on any atom is -0.320 e.